The number of halogens is 1. The quantitative estimate of drug-likeness (QED) is 0.415. The van der Waals surface area contributed by atoms with Crippen LogP contribution in [0.1, 0.15) is 35.6 Å². The van der Waals surface area contributed by atoms with E-state index in [1.807, 2.05) is 19.9 Å². The molecule has 3 N–H and O–H groups in total. The van der Waals surface area contributed by atoms with Crippen LogP contribution in [0.25, 0.3) is 5.82 Å². The van der Waals surface area contributed by atoms with Gasteiger partial charge in [-0.3, -0.25) is 9.69 Å². The topological polar surface area (TPSA) is 140 Å². The molecule has 0 unspecified atom stereocenters. The summed E-state index contributed by atoms with van der Waals surface area (Å²) in [6.45, 7) is 6.00. The summed E-state index contributed by atoms with van der Waals surface area (Å²) in [5.74, 6) is -0.482. The summed E-state index contributed by atoms with van der Waals surface area (Å²) in [7, 11) is 0. The maximum Gasteiger partial charge on any atom is 0.292 e. The molecular formula is C17H20ClN9O2. The average molecular weight is 418 g/mol. The fourth-order valence-corrected chi connectivity index (χ4v) is 2.77. The first-order valence-electron chi connectivity index (χ1n) is 8.88. The minimum Gasteiger partial charge on any atom is -0.378 e. The number of anilines is 1. The predicted octanol–water partition coefficient (Wildman–Crippen LogP) is 1.49. The predicted molar refractivity (Wildman–Crippen MR) is 107 cm³/mol. The molecular weight excluding hydrogens is 398 g/mol. The van der Waals surface area contributed by atoms with Gasteiger partial charge in [-0.05, 0) is 29.5 Å². The molecule has 2 heterocycles. The molecule has 0 atom stereocenters. The molecule has 0 radical (unpaired) electrons. The minimum absolute atomic E-state index is 0.0158. The molecule has 0 saturated carbocycles. The van der Waals surface area contributed by atoms with Crippen LogP contribution in [-0.4, -0.2) is 55.4 Å². The summed E-state index contributed by atoms with van der Waals surface area (Å²) in [5.41, 5.74) is 9.46. The summed E-state index contributed by atoms with van der Waals surface area (Å²) in [5, 5.41) is 19.9. The number of carbonyl (C=O) groups is 1. The zero-order valence-electron chi connectivity index (χ0n) is 15.9. The fraction of sp³-hybridized carbons (Fsp3) is 0.294. The zero-order valence-corrected chi connectivity index (χ0v) is 16.7. The van der Waals surface area contributed by atoms with Crippen LogP contribution in [-0.2, 0) is 6.54 Å². The normalized spacial score (nSPS) is 11.4. The summed E-state index contributed by atoms with van der Waals surface area (Å²) in [6.07, 6.45) is 1.45. The Kier molecular flexibility index (Phi) is 6.52. The van der Waals surface area contributed by atoms with Gasteiger partial charge in [0.25, 0.3) is 5.91 Å². The monoisotopic (exact) mass is 417 g/mol. The van der Waals surface area contributed by atoms with Crippen molar-refractivity contribution in [2.45, 2.75) is 20.4 Å². The highest BCUT2D eigenvalue weighted by Crippen LogP contribution is 2.17. The highest BCUT2D eigenvalue weighted by Gasteiger charge is 2.25. The van der Waals surface area contributed by atoms with Crippen LogP contribution in [0, 0.1) is 0 Å². The van der Waals surface area contributed by atoms with Crippen LogP contribution in [0.3, 0.4) is 0 Å². The van der Waals surface area contributed by atoms with E-state index in [0.717, 1.165) is 13.1 Å². The van der Waals surface area contributed by atoms with Crippen molar-refractivity contribution in [1.29, 1.82) is 0 Å². The van der Waals surface area contributed by atoms with Crippen molar-refractivity contribution in [3.8, 4) is 5.82 Å². The molecule has 12 heteroatoms. The van der Waals surface area contributed by atoms with Crippen molar-refractivity contribution >= 4 is 29.5 Å². The Morgan fingerprint density at radius 1 is 1.34 bits per heavy atom. The second kappa shape index (κ2) is 9.26. The number of nitrogen functional groups attached to an aromatic ring is 1. The first-order valence-corrected chi connectivity index (χ1v) is 9.26. The molecule has 1 amide bonds. The SMILES string of the molecule is CCN(CC)Cc1nnn(-c2nonc2N)c1C(=O)N/N=C/c1ccccc1Cl. The molecule has 0 bridgehead atoms. The van der Waals surface area contributed by atoms with Crippen LogP contribution >= 0.6 is 11.6 Å². The van der Waals surface area contributed by atoms with Crippen molar-refractivity contribution in [3.05, 3.63) is 46.2 Å². The van der Waals surface area contributed by atoms with Crippen molar-refractivity contribution in [3.63, 3.8) is 0 Å². The molecule has 3 aromatic rings. The molecule has 152 valence electrons. The largest absolute Gasteiger partial charge is 0.378 e. The number of hydrazone groups is 1. The van der Waals surface area contributed by atoms with Gasteiger partial charge in [-0.2, -0.15) is 9.78 Å². The number of benzene rings is 1. The molecule has 0 aliphatic carbocycles. The Balaban J connectivity index is 1.90. The maximum atomic E-state index is 12.9. The van der Waals surface area contributed by atoms with Crippen LogP contribution < -0.4 is 11.2 Å². The molecule has 3 rings (SSSR count). The molecule has 29 heavy (non-hydrogen) atoms. The third-order valence-electron chi connectivity index (χ3n) is 4.19. The van der Waals surface area contributed by atoms with Crippen LogP contribution in [0.5, 0.6) is 0 Å². The van der Waals surface area contributed by atoms with E-state index in [1.165, 1.54) is 10.9 Å². The van der Waals surface area contributed by atoms with Gasteiger partial charge in [0.15, 0.2) is 5.69 Å². The van der Waals surface area contributed by atoms with Crippen LogP contribution in [0.4, 0.5) is 5.82 Å². The zero-order chi connectivity index (χ0) is 20.8. The second-order valence-corrected chi connectivity index (χ2v) is 6.36. The van der Waals surface area contributed by atoms with E-state index in [0.29, 0.717) is 22.8 Å². The summed E-state index contributed by atoms with van der Waals surface area (Å²) >= 11 is 6.09. The molecule has 0 aliphatic rings. The number of amides is 1. The summed E-state index contributed by atoms with van der Waals surface area (Å²) < 4.78 is 5.80. The van der Waals surface area contributed by atoms with Crippen molar-refractivity contribution < 1.29 is 9.42 Å². The van der Waals surface area contributed by atoms with Crippen molar-refractivity contribution in [2.75, 3.05) is 18.8 Å². The number of hydrogen-bond acceptors (Lipinski definition) is 9. The Labute approximate surface area is 171 Å². The van der Waals surface area contributed by atoms with Crippen LogP contribution in [0.2, 0.25) is 5.02 Å². The Morgan fingerprint density at radius 2 is 2.10 bits per heavy atom. The molecule has 0 spiro atoms. The van der Waals surface area contributed by atoms with E-state index < -0.39 is 5.91 Å². The second-order valence-electron chi connectivity index (χ2n) is 5.95. The van der Waals surface area contributed by atoms with Gasteiger partial charge in [0.1, 0.15) is 5.69 Å². The molecule has 0 aliphatic heterocycles. The molecule has 0 fully saturated rings. The van der Waals surface area contributed by atoms with Crippen LogP contribution in [0.15, 0.2) is 34.0 Å². The molecule has 1 aromatic carbocycles. The Bertz CT molecular complexity index is 1010. The lowest BCUT2D eigenvalue weighted by atomic mass is 10.2. The van der Waals surface area contributed by atoms with Gasteiger partial charge in [-0.15, -0.1) is 5.10 Å². The number of hydrogen-bond donors (Lipinski definition) is 2. The third-order valence-corrected chi connectivity index (χ3v) is 4.54. The maximum absolute atomic E-state index is 12.9. The lowest BCUT2D eigenvalue weighted by Crippen LogP contribution is -2.27. The van der Waals surface area contributed by atoms with Crippen molar-refractivity contribution in [1.82, 2.24) is 35.6 Å². The lowest BCUT2D eigenvalue weighted by Gasteiger charge is -2.16. The smallest absolute Gasteiger partial charge is 0.292 e. The summed E-state index contributed by atoms with van der Waals surface area (Å²) in [4.78, 5) is 15.0. The Morgan fingerprint density at radius 3 is 2.76 bits per heavy atom. The Hall–Kier alpha value is -3.31. The van der Waals surface area contributed by atoms with E-state index in [-0.39, 0.29) is 17.3 Å². The van der Waals surface area contributed by atoms with Gasteiger partial charge in [-0.25, -0.2) is 10.1 Å². The van der Waals surface area contributed by atoms with E-state index in [1.54, 1.807) is 18.2 Å². The number of rotatable bonds is 8. The molecule has 2 aromatic heterocycles. The van der Waals surface area contributed by atoms with Gasteiger partial charge in [0, 0.05) is 17.1 Å². The summed E-state index contributed by atoms with van der Waals surface area (Å²) in [6, 6.07) is 7.12. The highest BCUT2D eigenvalue weighted by molar-refractivity contribution is 6.33. The minimum atomic E-state index is -0.539. The average Bonchev–Trinajstić information content (AvgIpc) is 3.33. The first-order chi connectivity index (χ1) is 14.0. The molecule has 0 saturated heterocycles. The van der Waals surface area contributed by atoms with Gasteiger partial charge < -0.3 is 5.73 Å². The number of nitrogens with two attached hydrogens (primary N) is 1. The highest BCUT2D eigenvalue weighted by atomic mass is 35.5. The van der Waals surface area contributed by atoms with Crippen molar-refractivity contribution in [2.24, 2.45) is 5.10 Å². The van der Waals surface area contributed by atoms with E-state index >= 15 is 0 Å². The number of carbonyl (C=O) groups excluding carboxylic acids is 1. The number of nitrogens with zero attached hydrogens (tertiary/aromatic N) is 7. The third kappa shape index (κ3) is 4.58. The fourth-order valence-electron chi connectivity index (χ4n) is 2.59. The van der Waals surface area contributed by atoms with Gasteiger partial charge in [0.05, 0.1) is 6.21 Å². The standard InChI is InChI=1S/C17H20ClN9O2/c1-3-26(4-2)10-13-14(27(25-21-13)16-15(19)23-29-24-16)17(28)22-20-9-11-7-5-6-8-12(11)18/h5-9H,3-4,10H2,1-2H3,(H2,19,23)(H,22,28)/b20-9+. The van der Waals surface area contributed by atoms with E-state index in [2.05, 4.69) is 40.7 Å². The van der Waals surface area contributed by atoms with E-state index in [9.17, 15) is 4.79 Å². The van der Waals surface area contributed by atoms with Gasteiger partial charge in [-0.1, -0.05) is 48.9 Å². The lowest BCUT2D eigenvalue weighted by molar-refractivity contribution is 0.0945. The van der Waals surface area contributed by atoms with Gasteiger partial charge >= 0.3 is 0 Å². The number of aromatic nitrogens is 5. The first kappa shape index (κ1) is 20.4. The van der Waals surface area contributed by atoms with Gasteiger partial charge in [0.2, 0.25) is 11.6 Å². The number of nitrogens with one attached hydrogen (secondary N) is 1. The molecule has 11 nitrogen and oxygen atoms in total. The van der Waals surface area contributed by atoms with E-state index in [4.69, 9.17) is 17.3 Å².